The Labute approximate surface area is 165 Å². The van der Waals surface area contributed by atoms with Crippen LogP contribution < -0.4 is 9.62 Å². The zero-order chi connectivity index (χ0) is 20.3. The number of nitrogens with one attached hydrogen (secondary N) is 1. The number of aryl methyl sites for hydroxylation is 2. The van der Waals surface area contributed by atoms with Crippen LogP contribution in [0.5, 0.6) is 0 Å². The Hall–Kier alpha value is -3.12. The summed E-state index contributed by atoms with van der Waals surface area (Å²) in [6.45, 7) is 3.92. The van der Waals surface area contributed by atoms with Gasteiger partial charge in [0.1, 0.15) is 0 Å². The van der Waals surface area contributed by atoms with Crippen LogP contribution in [0.1, 0.15) is 21.5 Å². The molecule has 0 aliphatic heterocycles. The third-order valence-electron chi connectivity index (χ3n) is 4.52. The lowest BCUT2D eigenvalue weighted by molar-refractivity contribution is 0.102. The molecule has 0 bridgehead atoms. The maximum absolute atomic E-state index is 12.8. The molecule has 3 aromatic rings. The summed E-state index contributed by atoms with van der Waals surface area (Å²) >= 11 is 0. The van der Waals surface area contributed by atoms with Crippen molar-refractivity contribution in [2.45, 2.75) is 18.7 Å². The SMILES string of the molecule is Cc1ccc(NC(=O)c2ccc(S(=O)(=O)N(C)c3ccccc3)cc2)c(C)c1. The van der Waals surface area contributed by atoms with Gasteiger partial charge in [-0.2, -0.15) is 0 Å². The Bertz CT molecular complexity index is 1090. The topological polar surface area (TPSA) is 66.5 Å². The van der Waals surface area contributed by atoms with E-state index in [1.807, 2.05) is 38.1 Å². The Kier molecular flexibility index (Phi) is 5.51. The van der Waals surface area contributed by atoms with Crippen LogP contribution in [-0.2, 0) is 10.0 Å². The molecule has 0 aliphatic carbocycles. The van der Waals surface area contributed by atoms with Crippen LogP contribution in [-0.4, -0.2) is 21.4 Å². The van der Waals surface area contributed by atoms with Crippen molar-refractivity contribution in [3.05, 3.63) is 89.5 Å². The number of hydrogen-bond acceptors (Lipinski definition) is 3. The summed E-state index contributed by atoms with van der Waals surface area (Å²) < 4.78 is 26.8. The summed E-state index contributed by atoms with van der Waals surface area (Å²) in [5.74, 6) is -0.285. The smallest absolute Gasteiger partial charge is 0.264 e. The maximum Gasteiger partial charge on any atom is 0.264 e. The Morgan fingerprint density at radius 2 is 1.54 bits per heavy atom. The first-order valence-corrected chi connectivity index (χ1v) is 10.3. The number of para-hydroxylation sites is 1. The Morgan fingerprint density at radius 1 is 0.893 bits per heavy atom. The summed E-state index contributed by atoms with van der Waals surface area (Å²) in [5, 5.41) is 2.86. The summed E-state index contributed by atoms with van der Waals surface area (Å²) in [7, 11) is -2.20. The van der Waals surface area contributed by atoms with Crippen LogP contribution in [0.25, 0.3) is 0 Å². The molecule has 0 unspecified atom stereocenters. The largest absolute Gasteiger partial charge is 0.322 e. The first-order chi connectivity index (χ1) is 13.3. The second kappa shape index (κ2) is 7.86. The molecule has 0 spiro atoms. The molecule has 0 saturated heterocycles. The molecule has 0 aliphatic rings. The highest BCUT2D eigenvalue weighted by Crippen LogP contribution is 2.22. The summed E-state index contributed by atoms with van der Waals surface area (Å²) in [5.41, 5.74) is 3.78. The van der Waals surface area contributed by atoms with Crippen molar-refractivity contribution in [3.63, 3.8) is 0 Å². The molecule has 28 heavy (non-hydrogen) atoms. The maximum atomic E-state index is 12.8. The van der Waals surface area contributed by atoms with Gasteiger partial charge in [-0.25, -0.2) is 8.42 Å². The van der Waals surface area contributed by atoms with E-state index in [0.29, 0.717) is 11.3 Å². The predicted octanol–water partition coefficient (Wildman–Crippen LogP) is 4.38. The van der Waals surface area contributed by atoms with E-state index >= 15 is 0 Å². The van der Waals surface area contributed by atoms with Gasteiger partial charge in [0, 0.05) is 18.3 Å². The van der Waals surface area contributed by atoms with Gasteiger partial charge in [0.2, 0.25) is 0 Å². The highest BCUT2D eigenvalue weighted by molar-refractivity contribution is 7.92. The van der Waals surface area contributed by atoms with Crippen LogP contribution >= 0.6 is 0 Å². The fraction of sp³-hybridized carbons (Fsp3) is 0.136. The molecule has 0 radical (unpaired) electrons. The van der Waals surface area contributed by atoms with E-state index in [1.165, 1.54) is 35.6 Å². The third kappa shape index (κ3) is 4.07. The van der Waals surface area contributed by atoms with E-state index in [-0.39, 0.29) is 10.8 Å². The number of carbonyl (C=O) groups is 1. The average Bonchev–Trinajstić information content (AvgIpc) is 2.70. The lowest BCUT2D eigenvalue weighted by Crippen LogP contribution is -2.26. The number of hydrogen-bond donors (Lipinski definition) is 1. The van der Waals surface area contributed by atoms with Crippen molar-refractivity contribution in [2.75, 3.05) is 16.7 Å². The highest BCUT2D eigenvalue weighted by atomic mass is 32.2. The van der Waals surface area contributed by atoms with Crippen molar-refractivity contribution in [3.8, 4) is 0 Å². The molecule has 6 heteroatoms. The normalized spacial score (nSPS) is 11.1. The quantitative estimate of drug-likeness (QED) is 0.698. The van der Waals surface area contributed by atoms with Gasteiger partial charge < -0.3 is 5.32 Å². The predicted molar refractivity (Wildman–Crippen MR) is 112 cm³/mol. The van der Waals surface area contributed by atoms with Crippen LogP contribution in [0, 0.1) is 13.8 Å². The Morgan fingerprint density at radius 3 is 2.14 bits per heavy atom. The zero-order valence-electron chi connectivity index (χ0n) is 16.0. The molecule has 0 heterocycles. The van der Waals surface area contributed by atoms with E-state index < -0.39 is 10.0 Å². The fourth-order valence-corrected chi connectivity index (χ4v) is 4.06. The summed E-state index contributed by atoms with van der Waals surface area (Å²) in [4.78, 5) is 12.6. The van der Waals surface area contributed by atoms with Crippen LogP contribution in [0.15, 0.2) is 77.7 Å². The molecule has 1 N–H and O–H groups in total. The molecule has 3 rings (SSSR count). The first-order valence-electron chi connectivity index (χ1n) is 8.82. The number of anilines is 2. The molecule has 5 nitrogen and oxygen atoms in total. The number of sulfonamides is 1. The molecule has 0 aromatic heterocycles. The monoisotopic (exact) mass is 394 g/mol. The number of carbonyl (C=O) groups excluding carboxylic acids is 1. The van der Waals surface area contributed by atoms with Gasteiger partial charge >= 0.3 is 0 Å². The summed E-state index contributed by atoms with van der Waals surface area (Å²) in [6.07, 6.45) is 0. The molecule has 0 saturated carbocycles. The zero-order valence-corrected chi connectivity index (χ0v) is 16.8. The van der Waals surface area contributed by atoms with Crippen molar-refractivity contribution in [1.29, 1.82) is 0 Å². The molecule has 144 valence electrons. The van der Waals surface area contributed by atoms with E-state index in [4.69, 9.17) is 0 Å². The second-order valence-electron chi connectivity index (χ2n) is 6.60. The van der Waals surface area contributed by atoms with Gasteiger partial charge in [0.25, 0.3) is 15.9 Å². The number of amides is 1. The number of benzene rings is 3. The minimum atomic E-state index is -3.70. The fourth-order valence-electron chi connectivity index (χ4n) is 2.86. The molecule has 0 atom stereocenters. The average molecular weight is 394 g/mol. The van der Waals surface area contributed by atoms with Gasteiger partial charge in [-0.1, -0.05) is 35.9 Å². The number of nitrogens with zero attached hydrogens (tertiary/aromatic N) is 1. The van der Waals surface area contributed by atoms with Crippen molar-refractivity contribution in [2.24, 2.45) is 0 Å². The molecule has 3 aromatic carbocycles. The van der Waals surface area contributed by atoms with E-state index in [2.05, 4.69) is 5.32 Å². The first kappa shape index (κ1) is 19.6. The second-order valence-corrected chi connectivity index (χ2v) is 8.57. The van der Waals surface area contributed by atoms with Gasteiger partial charge in [-0.3, -0.25) is 9.10 Å². The van der Waals surface area contributed by atoms with Crippen molar-refractivity contribution < 1.29 is 13.2 Å². The van der Waals surface area contributed by atoms with Crippen LogP contribution in [0.2, 0.25) is 0 Å². The van der Waals surface area contributed by atoms with Crippen LogP contribution in [0.3, 0.4) is 0 Å². The van der Waals surface area contributed by atoms with Gasteiger partial charge in [-0.15, -0.1) is 0 Å². The van der Waals surface area contributed by atoms with E-state index in [1.54, 1.807) is 24.3 Å². The minimum absolute atomic E-state index is 0.127. The van der Waals surface area contributed by atoms with Gasteiger partial charge in [0.05, 0.1) is 10.6 Å². The van der Waals surface area contributed by atoms with Crippen molar-refractivity contribution in [1.82, 2.24) is 0 Å². The Balaban J connectivity index is 1.80. The third-order valence-corrected chi connectivity index (χ3v) is 6.32. The standard InChI is InChI=1S/C22H22N2O3S/c1-16-9-14-21(17(2)15-16)23-22(25)18-10-12-20(13-11-18)28(26,27)24(3)19-7-5-4-6-8-19/h4-15H,1-3H3,(H,23,25). The lowest BCUT2D eigenvalue weighted by Gasteiger charge is -2.19. The molecule has 1 amide bonds. The van der Waals surface area contributed by atoms with Gasteiger partial charge in [0.15, 0.2) is 0 Å². The highest BCUT2D eigenvalue weighted by Gasteiger charge is 2.21. The number of rotatable bonds is 5. The van der Waals surface area contributed by atoms with Crippen LogP contribution in [0.4, 0.5) is 11.4 Å². The van der Waals surface area contributed by atoms with Crippen molar-refractivity contribution >= 4 is 27.3 Å². The van der Waals surface area contributed by atoms with Gasteiger partial charge in [-0.05, 0) is 61.9 Å². The summed E-state index contributed by atoms with van der Waals surface area (Å²) in [6, 6.07) is 20.6. The van der Waals surface area contributed by atoms with E-state index in [0.717, 1.165) is 16.8 Å². The molecular weight excluding hydrogens is 372 g/mol. The molecular formula is C22H22N2O3S. The van der Waals surface area contributed by atoms with E-state index in [9.17, 15) is 13.2 Å². The lowest BCUT2D eigenvalue weighted by atomic mass is 10.1. The minimum Gasteiger partial charge on any atom is -0.322 e. The molecule has 0 fully saturated rings.